The summed E-state index contributed by atoms with van der Waals surface area (Å²) in [5, 5.41) is 37.5. The zero-order valence-electron chi connectivity index (χ0n) is 73.7. The van der Waals surface area contributed by atoms with Crippen molar-refractivity contribution in [1.29, 1.82) is 0 Å². The van der Waals surface area contributed by atoms with E-state index >= 15 is 9.59 Å². The van der Waals surface area contributed by atoms with Crippen LogP contribution in [0.4, 0.5) is 20.1 Å². The van der Waals surface area contributed by atoms with E-state index in [4.69, 9.17) is 43.6 Å². The van der Waals surface area contributed by atoms with Gasteiger partial charge >= 0.3 is 34.4 Å². The van der Waals surface area contributed by atoms with Crippen molar-refractivity contribution in [2.45, 2.75) is 212 Å². The van der Waals surface area contributed by atoms with E-state index in [1.165, 1.54) is 62.0 Å². The molecule has 13 amide bonds. The van der Waals surface area contributed by atoms with Crippen LogP contribution in [0.5, 0.6) is 0 Å². The summed E-state index contributed by atoms with van der Waals surface area (Å²) < 4.78 is 75.3. The van der Waals surface area contributed by atoms with Crippen LogP contribution < -0.4 is 47.1 Å². The van der Waals surface area contributed by atoms with Gasteiger partial charge in [0.1, 0.15) is 48.1 Å². The van der Waals surface area contributed by atoms with Gasteiger partial charge in [-0.3, -0.25) is 57.7 Å². The van der Waals surface area contributed by atoms with E-state index < -0.39 is 180 Å². The highest BCUT2D eigenvalue weighted by atomic mass is 32.2. The van der Waals surface area contributed by atoms with Gasteiger partial charge in [-0.25, -0.2) is 28.8 Å². The second kappa shape index (κ2) is 50.2. The minimum atomic E-state index is -4.44. The van der Waals surface area contributed by atoms with Crippen molar-refractivity contribution in [3.8, 4) is 0 Å². The molecule has 4 aliphatic rings. The van der Waals surface area contributed by atoms with E-state index in [0.717, 1.165) is 32.3 Å². The van der Waals surface area contributed by atoms with E-state index in [2.05, 4.69) is 51.9 Å². The number of carboxylic acid groups (broad SMARTS) is 1. The number of nitrogens with one attached hydrogen (secondary N) is 8. The van der Waals surface area contributed by atoms with Gasteiger partial charge in [0, 0.05) is 89.9 Å². The topological polar surface area (TPSA) is 529 Å². The summed E-state index contributed by atoms with van der Waals surface area (Å²) in [4.78, 5) is 187. The molecule has 3 aliphatic heterocycles. The van der Waals surface area contributed by atoms with E-state index in [0.29, 0.717) is 62.6 Å². The summed E-state index contributed by atoms with van der Waals surface area (Å²) in [6.07, 6.45) is 4.42. The monoisotopic (exact) mass is 1820 g/mol. The molecule has 41 nitrogen and oxygen atoms in total. The molecule has 14 atom stereocenters. The Labute approximate surface area is 742 Å². The zero-order chi connectivity index (χ0) is 92.6. The third-order valence-electron chi connectivity index (χ3n) is 22.9. The molecule has 8 rings (SSSR count). The molecule has 43 heteroatoms. The second-order valence-electron chi connectivity index (χ2n) is 32.5. The Morgan fingerprint density at radius 3 is 2.17 bits per heavy atom. The molecule has 2 bridgehead atoms. The van der Waals surface area contributed by atoms with Crippen molar-refractivity contribution in [2.75, 3.05) is 99.5 Å². The highest BCUT2D eigenvalue weighted by molar-refractivity contribution is 7.88. The zero-order valence-corrected chi connectivity index (χ0v) is 75.4. The van der Waals surface area contributed by atoms with Crippen LogP contribution in [0.1, 0.15) is 159 Å². The number of methoxy groups -OCH3 is 3. The molecule has 0 unspecified atom stereocenters. The number of fused-ring (bicyclic) bond motifs is 2. The van der Waals surface area contributed by atoms with Gasteiger partial charge in [0.25, 0.3) is 11.8 Å². The third kappa shape index (κ3) is 30.2. The summed E-state index contributed by atoms with van der Waals surface area (Å²) in [6.45, 7) is 11.2. The minimum absolute atomic E-state index is 0.00109. The number of primary amides is 1. The maximum atomic E-state index is 15.3. The van der Waals surface area contributed by atoms with Crippen LogP contribution in [0, 0.1) is 29.6 Å². The number of carboxylic acids is 1. The average molecular weight is 1820 g/mol. The summed E-state index contributed by atoms with van der Waals surface area (Å²) in [5.41, 5.74) is 7.24. The van der Waals surface area contributed by atoms with Gasteiger partial charge in [-0.1, -0.05) is 96.5 Å². The number of nitrogens with zero attached hydrogens (tertiary/aromatic N) is 8. The maximum absolute atomic E-state index is 15.3. The summed E-state index contributed by atoms with van der Waals surface area (Å²) in [6, 6.07) is 5.57. The highest BCUT2D eigenvalue weighted by Crippen LogP contribution is 2.43. The number of nitrogens with two attached hydrogens (primary N) is 1. The number of amides is 13. The fraction of sp³-hybridized carbons (Fsp3) is 0.619. The van der Waals surface area contributed by atoms with E-state index in [1.807, 2.05) is 49.6 Å². The first-order chi connectivity index (χ1) is 60.6. The number of likely N-dealkylation sites (N-methyl/N-ethyl adjacent to an activating group) is 1. The van der Waals surface area contributed by atoms with Crippen molar-refractivity contribution in [1.82, 2.24) is 75.6 Å². The van der Waals surface area contributed by atoms with Crippen LogP contribution in [0.2, 0.25) is 0 Å². The van der Waals surface area contributed by atoms with Crippen molar-refractivity contribution in [3.63, 3.8) is 0 Å². The SMILES string of the molecule is CC[C@H](C)[C@@H]([C@@H](CC(=O)N1CCC[C@H]1[C@H](OC)[C@@H](C)C(=O)N[C@@H](Cc1ccccc1)c1nccs1)OC)N(C)C(=O)[C@@H](NC(=O)[C@@H]1[C@H]2CC[C@H](C2)N1C(=O)OCc1ccc(NC(=O)[C@H](CCCNC(N)=O)NC(=O)[C@@H](NC(=O)CCOCCN2C(=O)C=CC2=O)C(C)C)cc1COCc1cn([C@H](COC(=O)NS(=O)(=O)NCCOCCOC)CC(=O)O)nn1)C(C)C. The lowest BCUT2D eigenvalue weighted by Crippen LogP contribution is -2.60. The van der Waals surface area contributed by atoms with Gasteiger partial charge in [-0.15, -0.1) is 16.4 Å². The van der Waals surface area contributed by atoms with E-state index in [1.54, 1.807) is 62.4 Å². The Morgan fingerprint density at radius 2 is 1.50 bits per heavy atom. The molecular weight excluding hydrogens is 1700 g/mol. The quantitative estimate of drug-likeness (QED) is 0.0223. The molecule has 11 N–H and O–H groups in total. The molecule has 1 saturated carbocycles. The number of aromatic nitrogens is 4. The Kier molecular flexibility index (Phi) is 40.2. The molecule has 0 spiro atoms. The number of hydrogen-bond acceptors (Lipinski definition) is 27. The molecule has 3 fully saturated rings. The predicted molar refractivity (Wildman–Crippen MR) is 459 cm³/mol. The molecule has 0 radical (unpaired) electrons. The fourth-order valence-corrected chi connectivity index (χ4v) is 17.4. The number of anilines is 1. The number of piperidine rings is 1. The number of aliphatic carboxylic acids is 1. The van der Waals surface area contributed by atoms with Crippen LogP contribution in [-0.4, -0.2) is 279 Å². The average Bonchev–Trinajstić information content (AvgIpc) is 1.61. The van der Waals surface area contributed by atoms with Gasteiger partial charge in [-0.05, 0) is 104 Å². The van der Waals surface area contributed by atoms with Crippen molar-refractivity contribution < 1.29 is 114 Å². The smallest absolute Gasteiger partial charge is 0.421 e. The molecule has 1 aliphatic carbocycles. The normalized spacial score (nSPS) is 18.4. The molecule has 2 saturated heterocycles. The minimum Gasteiger partial charge on any atom is -0.481 e. The maximum Gasteiger partial charge on any atom is 0.421 e. The molecule has 127 heavy (non-hydrogen) atoms. The standard InChI is InChI=1S/C84H123N17O24S2/c1-12-52(6)73(65(119-10)44-69(105)98-32-17-21-64(98)75(120-11)53(7)76(108)91-63(80-86-31-39-126-80)40-54-18-14-13-15-19-54)97(8)81(112)72(51(4)5)93-79(111)74-55-23-25-60(42-55)101(74)84(115)125-47-56-22-24-58(41-57(56)46-123-48-59-45-100(96-94-59)61(43-70(106)107)49-124-83(114)95-127(116,117)88-30-35-122-38-37-118-9)89-77(109)62(20-16-29-87-82(85)113)90-78(110)71(50(2)3)92-66(102)28-34-121-36-33-99-67(103)26-27-68(99)104/h13-15,18-19,22,24,26-27,31,39,41,45,50-53,55,60-65,71-75,88H,12,16-17,20-21,23,25,28-30,32-38,40,42-44,46-49H2,1-11H3,(H,89,109)(H,90,110)(H,91,108)(H,92,102)(H,93,111)(H,95,114)(H,106,107)(H3,85,87,113)/t52-,53+,55-,60+,61-,62-,63-,64-,65+,71-,72-,73-,74-,75+/m0/s1. The number of thiazole rings is 1. The first-order valence-electron chi connectivity index (χ1n) is 42.6. The molecular formula is C84H123N17O24S2. The Bertz CT molecular complexity index is 4490. The number of carbonyl (C=O) groups is 13. The summed E-state index contributed by atoms with van der Waals surface area (Å²) in [7, 11) is 1.68. The van der Waals surface area contributed by atoms with Gasteiger partial charge in [0.05, 0.1) is 114 Å². The number of likely N-dealkylation sites (tertiary alicyclic amines) is 2. The van der Waals surface area contributed by atoms with Gasteiger partial charge in [-0.2, -0.15) is 13.1 Å². The Balaban J connectivity index is 0.969. The number of benzene rings is 2. The molecule has 700 valence electrons. The number of urea groups is 1. The van der Waals surface area contributed by atoms with Crippen LogP contribution in [0.3, 0.4) is 0 Å². The summed E-state index contributed by atoms with van der Waals surface area (Å²) >= 11 is 1.45. The first-order valence-corrected chi connectivity index (χ1v) is 45.0. The lowest BCUT2D eigenvalue weighted by molar-refractivity contribution is -0.148. The van der Waals surface area contributed by atoms with Gasteiger partial charge < -0.3 is 90.4 Å². The van der Waals surface area contributed by atoms with Crippen molar-refractivity contribution in [2.24, 2.45) is 35.3 Å². The lowest BCUT2D eigenvalue weighted by Gasteiger charge is -2.41. The molecule has 2 aromatic carbocycles. The number of imide groups is 1. The van der Waals surface area contributed by atoms with Crippen LogP contribution in [0.25, 0.3) is 0 Å². The largest absolute Gasteiger partial charge is 0.481 e. The van der Waals surface area contributed by atoms with Crippen LogP contribution >= 0.6 is 11.3 Å². The van der Waals surface area contributed by atoms with Crippen LogP contribution in [-0.2, 0) is 122 Å². The second-order valence-corrected chi connectivity index (χ2v) is 34.9. The van der Waals surface area contributed by atoms with Crippen molar-refractivity contribution >= 4 is 105 Å². The van der Waals surface area contributed by atoms with Gasteiger partial charge in [0.15, 0.2) is 0 Å². The number of ether oxygens (including phenoxy) is 8. The number of rotatable bonds is 54. The van der Waals surface area contributed by atoms with E-state index in [-0.39, 0.29) is 127 Å². The molecule has 5 heterocycles. The Morgan fingerprint density at radius 1 is 0.764 bits per heavy atom. The Hall–Kier alpha value is -10.7. The van der Waals surface area contributed by atoms with Gasteiger partial charge in [0.2, 0.25) is 41.4 Å². The number of hydrogen-bond donors (Lipinski definition) is 10. The molecule has 2 aromatic heterocycles. The number of carbonyl (C=O) groups excluding carboxylic acids is 12. The molecule has 4 aromatic rings. The van der Waals surface area contributed by atoms with Crippen LogP contribution in [0.15, 0.2) is 78.5 Å². The third-order valence-corrected chi connectivity index (χ3v) is 24.8. The van der Waals surface area contributed by atoms with E-state index in [9.17, 15) is 66.3 Å². The lowest BCUT2D eigenvalue weighted by atomic mass is 9.89. The van der Waals surface area contributed by atoms with Crippen molar-refractivity contribution in [3.05, 3.63) is 106 Å². The predicted octanol–water partition coefficient (Wildman–Crippen LogP) is 3.69. The summed E-state index contributed by atoms with van der Waals surface area (Å²) in [5.74, 6) is -8.22. The fourth-order valence-electron chi connectivity index (χ4n) is 16.0. The highest BCUT2D eigenvalue weighted by Gasteiger charge is 2.53. The first kappa shape index (κ1) is 102.